The monoisotopic (exact) mass is 359 g/mol. The Morgan fingerprint density at radius 3 is 2.85 bits per heavy atom. The van der Waals surface area contributed by atoms with Crippen molar-refractivity contribution in [2.45, 2.75) is 19.3 Å². The van der Waals surface area contributed by atoms with Crippen molar-refractivity contribution in [1.29, 1.82) is 0 Å². The molecule has 0 spiro atoms. The Bertz CT molecular complexity index is 481. The number of hydrogen-bond acceptors (Lipinski definition) is 2. The van der Waals surface area contributed by atoms with E-state index in [0.717, 1.165) is 16.6 Å². The molecule has 1 aliphatic rings. The Labute approximate surface area is 133 Å². The summed E-state index contributed by atoms with van der Waals surface area (Å²) in [5, 5.41) is 3.01. The molecule has 1 amide bonds. The zero-order valence-electron chi connectivity index (χ0n) is 11.5. The molecule has 1 saturated carbocycles. The van der Waals surface area contributed by atoms with E-state index in [-0.39, 0.29) is 5.91 Å². The van der Waals surface area contributed by atoms with E-state index in [1.165, 1.54) is 12.8 Å². The predicted octanol–water partition coefficient (Wildman–Crippen LogP) is 3.84. The second-order valence-electron chi connectivity index (χ2n) is 5.16. The van der Waals surface area contributed by atoms with Crippen LogP contribution >= 0.6 is 27.5 Å². The minimum absolute atomic E-state index is 0.0476. The van der Waals surface area contributed by atoms with E-state index < -0.39 is 0 Å². The first-order chi connectivity index (χ1) is 9.65. The maximum atomic E-state index is 12.1. The largest absolute Gasteiger partial charge is 0.496 e. The SMILES string of the molecule is COc1ccc(C(=O)NCC2CCCC2CCl)cc1Br. The lowest BCUT2D eigenvalue weighted by molar-refractivity contribution is 0.0944. The Kier molecular flexibility index (Phi) is 5.73. The summed E-state index contributed by atoms with van der Waals surface area (Å²) < 4.78 is 5.94. The average Bonchev–Trinajstić information content (AvgIpc) is 2.92. The van der Waals surface area contributed by atoms with Gasteiger partial charge in [-0.3, -0.25) is 4.79 Å². The van der Waals surface area contributed by atoms with Crippen LogP contribution in [0.25, 0.3) is 0 Å². The Balaban J connectivity index is 1.93. The molecule has 0 radical (unpaired) electrons. The lowest BCUT2D eigenvalue weighted by Crippen LogP contribution is -2.31. The van der Waals surface area contributed by atoms with Crippen molar-refractivity contribution in [3.05, 3.63) is 28.2 Å². The van der Waals surface area contributed by atoms with E-state index in [9.17, 15) is 4.79 Å². The minimum Gasteiger partial charge on any atom is -0.496 e. The van der Waals surface area contributed by atoms with Gasteiger partial charge in [0, 0.05) is 18.0 Å². The molecule has 0 aliphatic heterocycles. The molecule has 3 nitrogen and oxygen atoms in total. The van der Waals surface area contributed by atoms with Gasteiger partial charge in [0.05, 0.1) is 11.6 Å². The zero-order valence-corrected chi connectivity index (χ0v) is 13.8. The normalized spacial score (nSPS) is 21.8. The molecular formula is C15H19BrClNO2. The van der Waals surface area contributed by atoms with Crippen LogP contribution in [0.2, 0.25) is 0 Å². The quantitative estimate of drug-likeness (QED) is 0.810. The van der Waals surface area contributed by atoms with Gasteiger partial charge in [-0.1, -0.05) is 6.42 Å². The molecule has 5 heteroatoms. The highest BCUT2D eigenvalue weighted by atomic mass is 79.9. The maximum Gasteiger partial charge on any atom is 0.251 e. The number of nitrogens with one attached hydrogen (secondary N) is 1. The fourth-order valence-electron chi connectivity index (χ4n) is 2.72. The number of benzene rings is 1. The fraction of sp³-hybridized carbons (Fsp3) is 0.533. The van der Waals surface area contributed by atoms with Crippen LogP contribution in [0.1, 0.15) is 29.6 Å². The summed E-state index contributed by atoms with van der Waals surface area (Å²) in [6.45, 7) is 0.708. The number of hydrogen-bond donors (Lipinski definition) is 1. The average molecular weight is 361 g/mol. The van der Waals surface area contributed by atoms with E-state index in [2.05, 4.69) is 21.2 Å². The molecule has 1 aromatic rings. The van der Waals surface area contributed by atoms with Gasteiger partial charge in [0.2, 0.25) is 0 Å². The standard InChI is InChI=1S/C15H19BrClNO2/c1-20-14-6-5-10(7-13(14)16)15(19)18-9-12-4-2-3-11(12)8-17/h5-7,11-12H,2-4,8-9H2,1H3,(H,18,19). The summed E-state index contributed by atoms with van der Waals surface area (Å²) in [4.78, 5) is 12.1. The van der Waals surface area contributed by atoms with Crippen LogP contribution in [-0.4, -0.2) is 25.4 Å². The molecule has 110 valence electrons. The van der Waals surface area contributed by atoms with Gasteiger partial charge < -0.3 is 10.1 Å². The van der Waals surface area contributed by atoms with Crippen molar-refractivity contribution in [3.8, 4) is 5.75 Å². The molecular weight excluding hydrogens is 342 g/mol. The van der Waals surface area contributed by atoms with Crippen molar-refractivity contribution >= 4 is 33.4 Å². The molecule has 0 heterocycles. The van der Waals surface area contributed by atoms with Gasteiger partial charge in [0.15, 0.2) is 0 Å². The second kappa shape index (κ2) is 7.32. The van der Waals surface area contributed by atoms with Crippen LogP contribution in [0.3, 0.4) is 0 Å². The second-order valence-corrected chi connectivity index (χ2v) is 6.33. The summed E-state index contributed by atoms with van der Waals surface area (Å²) in [5.41, 5.74) is 0.637. The van der Waals surface area contributed by atoms with Gasteiger partial charge >= 0.3 is 0 Å². The van der Waals surface area contributed by atoms with Gasteiger partial charge in [-0.05, 0) is 58.8 Å². The van der Waals surface area contributed by atoms with Crippen molar-refractivity contribution in [2.24, 2.45) is 11.8 Å². The van der Waals surface area contributed by atoms with Crippen LogP contribution < -0.4 is 10.1 Å². The van der Waals surface area contributed by atoms with Crippen LogP contribution in [0.4, 0.5) is 0 Å². The summed E-state index contributed by atoms with van der Waals surface area (Å²) in [6.07, 6.45) is 3.55. The predicted molar refractivity (Wildman–Crippen MR) is 84.6 cm³/mol. The number of amides is 1. The summed E-state index contributed by atoms with van der Waals surface area (Å²) in [6, 6.07) is 5.34. The van der Waals surface area contributed by atoms with E-state index in [0.29, 0.717) is 29.8 Å². The molecule has 2 atom stereocenters. The van der Waals surface area contributed by atoms with Crippen LogP contribution in [0, 0.1) is 11.8 Å². The van der Waals surface area contributed by atoms with E-state index in [4.69, 9.17) is 16.3 Å². The van der Waals surface area contributed by atoms with Gasteiger partial charge in [-0.2, -0.15) is 0 Å². The number of carbonyl (C=O) groups is 1. The molecule has 0 bridgehead atoms. The number of halogens is 2. The molecule has 2 rings (SSSR count). The lowest BCUT2D eigenvalue weighted by Gasteiger charge is -2.17. The van der Waals surface area contributed by atoms with E-state index in [1.54, 1.807) is 25.3 Å². The summed E-state index contributed by atoms with van der Waals surface area (Å²) in [7, 11) is 1.60. The Morgan fingerprint density at radius 2 is 2.20 bits per heavy atom. The number of carbonyl (C=O) groups excluding carboxylic acids is 1. The molecule has 1 N–H and O–H groups in total. The topological polar surface area (TPSA) is 38.3 Å². The van der Waals surface area contributed by atoms with Crippen molar-refractivity contribution in [3.63, 3.8) is 0 Å². The van der Waals surface area contributed by atoms with E-state index >= 15 is 0 Å². The summed E-state index contributed by atoms with van der Waals surface area (Å²) in [5.74, 6) is 2.42. The first-order valence-corrected chi connectivity index (χ1v) is 8.16. The minimum atomic E-state index is -0.0476. The van der Waals surface area contributed by atoms with Gasteiger partial charge in [0.1, 0.15) is 5.75 Å². The number of methoxy groups -OCH3 is 1. The molecule has 0 saturated heterocycles. The van der Waals surface area contributed by atoms with Gasteiger partial charge in [0.25, 0.3) is 5.91 Å². The Hall–Kier alpha value is -0.740. The first kappa shape index (κ1) is 15.6. The molecule has 0 aromatic heterocycles. The molecule has 2 unspecified atom stereocenters. The van der Waals surface area contributed by atoms with E-state index in [1.807, 2.05) is 0 Å². The smallest absolute Gasteiger partial charge is 0.251 e. The third-order valence-electron chi connectivity index (χ3n) is 3.95. The number of alkyl halides is 1. The highest BCUT2D eigenvalue weighted by molar-refractivity contribution is 9.10. The third-order valence-corrected chi connectivity index (χ3v) is 4.97. The van der Waals surface area contributed by atoms with Crippen LogP contribution in [-0.2, 0) is 0 Å². The zero-order chi connectivity index (χ0) is 14.5. The number of ether oxygens (including phenoxy) is 1. The third kappa shape index (κ3) is 3.67. The van der Waals surface area contributed by atoms with Crippen molar-refractivity contribution in [1.82, 2.24) is 5.32 Å². The van der Waals surface area contributed by atoms with Crippen molar-refractivity contribution < 1.29 is 9.53 Å². The van der Waals surface area contributed by atoms with Crippen LogP contribution in [0.5, 0.6) is 5.75 Å². The first-order valence-electron chi connectivity index (χ1n) is 6.83. The maximum absolute atomic E-state index is 12.1. The Morgan fingerprint density at radius 1 is 1.45 bits per heavy atom. The van der Waals surface area contributed by atoms with Gasteiger partial charge in [-0.25, -0.2) is 0 Å². The highest BCUT2D eigenvalue weighted by Gasteiger charge is 2.26. The van der Waals surface area contributed by atoms with Crippen molar-refractivity contribution in [2.75, 3.05) is 19.5 Å². The molecule has 1 aromatic carbocycles. The highest BCUT2D eigenvalue weighted by Crippen LogP contribution is 2.32. The van der Waals surface area contributed by atoms with Crippen LogP contribution in [0.15, 0.2) is 22.7 Å². The summed E-state index contributed by atoms with van der Waals surface area (Å²) >= 11 is 9.35. The number of rotatable bonds is 5. The fourth-order valence-corrected chi connectivity index (χ4v) is 3.67. The molecule has 1 aliphatic carbocycles. The van der Waals surface area contributed by atoms with Gasteiger partial charge in [-0.15, -0.1) is 11.6 Å². The molecule has 1 fully saturated rings. The molecule has 20 heavy (non-hydrogen) atoms. The lowest BCUT2D eigenvalue weighted by atomic mass is 9.98.